The van der Waals surface area contributed by atoms with Gasteiger partial charge in [0.2, 0.25) is 0 Å². The number of hydrogen-bond donors (Lipinski definition) is 0. The molecule has 2 aliphatic heterocycles. The number of methoxy groups -OCH3 is 1. The molecule has 0 aromatic heterocycles. The minimum absolute atomic E-state index is 0.0243. The Labute approximate surface area is 252 Å². The van der Waals surface area contributed by atoms with Crippen LogP contribution in [0.1, 0.15) is 113 Å². The molecule has 2 rings (SSSR count). The maximum atomic E-state index is 6.58. The lowest BCUT2D eigenvalue weighted by atomic mass is 10.0. The SMILES string of the molecule is COCCOCO[C@H](CO[Si](C)(C)C(C)(C)C)[C@H]1OC(C)(C)O[C@@H]1CCCCCCCCCC[C@@H]1COC(C)(C)O1. The first kappa shape index (κ1) is 37.1. The molecular weight excluding hydrogens is 540 g/mol. The van der Waals surface area contributed by atoms with Crippen molar-refractivity contribution < 1.29 is 37.6 Å². The van der Waals surface area contributed by atoms with Gasteiger partial charge in [0, 0.05) is 7.11 Å². The van der Waals surface area contributed by atoms with Gasteiger partial charge in [-0.05, 0) is 58.7 Å². The molecule has 0 saturated carbocycles. The summed E-state index contributed by atoms with van der Waals surface area (Å²) in [6.45, 7) is 21.7. The Hall–Kier alpha value is -0.103. The molecule has 8 nitrogen and oxygen atoms in total. The highest BCUT2D eigenvalue weighted by molar-refractivity contribution is 6.74. The van der Waals surface area contributed by atoms with Gasteiger partial charge in [0.05, 0.1) is 38.6 Å². The van der Waals surface area contributed by atoms with E-state index in [-0.39, 0.29) is 36.2 Å². The first-order chi connectivity index (χ1) is 19.2. The van der Waals surface area contributed by atoms with Crippen LogP contribution in [-0.2, 0) is 37.6 Å². The summed E-state index contributed by atoms with van der Waals surface area (Å²) in [6, 6.07) is 0. The van der Waals surface area contributed by atoms with E-state index in [0.29, 0.717) is 19.8 Å². The van der Waals surface area contributed by atoms with Gasteiger partial charge >= 0.3 is 0 Å². The van der Waals surface area contributed by atoms with Crippen molar-refractivity contribution in [3.8, 4) is 0 Å². The van der Waals surface area contributed by atoms with Crippen LogP contribution in [0.3, 0.4) is 0 Å². The van der Waals surface area contributed by atoms with E-state index >= 15 is 0 Å². The third-order valence-electron chi connectivity index (χ3n) is 8.63. The van der Waals surface area contributed by atoms with Crippen LogP contribution in [0.2, 0.25) is 18.1 Å². The van der Waals surface area contributed by atoms with Crippen LogP contribution < -0.4 is 0 Å². The van der Waals surface area contributed by atoms with Crippen LogP contribution in [0, 0.1) is 0 Å². The van der Waals surface area contributed by atoms with Crippen molar-refractivity contribution in [2.24, 2.45) is 0 Å². The van der Waals surface area contributed by atoms with E-state index in [1.165, 1.54) is 44.9 Å². The van der Waals surface area contributed by atoms with Crippen molar-refractivity contribution in [3.05, 3.63) is 0 Å². The number of unbranched alkanes of at least 4 members (excludes halogenated alkanes) is 7. The van der Waals surface area contributed by atoms with Crippen molar-refractivity contribution >= 4 is 8.32 Å². The molecule has 0 amide bonds. The lowest BCUT2D eigenvalue weighted by Gasteiger charge is -2.38. The molecular formula is C32H64O8Si. The van der Waals surface area contributed by atoms with E-state index in [2.05, 4.69) is 33.9 Å². The van der Waals surface area contributed by atoms with Crippen molar-refractivity contribution in [2.45, 2.75) is 167 Å². The molecule has 4 atom stereocenters. The Morgan fingerprint density at radius 3 is 1.98 bits per heavy atom. The zero-order valence-electron chi connectivity index (χ0n) is 28.2. The van der Waals surface area contributed by atoms with Crippen LogP contribution in [0.25, 0.3) is 0 Å². The molecule has 2 heterocycles. The third-order valence-corrected chi connectivity index (χ3v) is 13.1. The molecule has 0 unspecified atom stereocenters. The average molecular weight is 605 g/mol. The van der Waals surface area contributed by atoms with Gasteiger partial charge in [-0.3, -0.25) is 0 Å². The number of rotatable bonds is 21. The lowest BCUT2D eigenvalue weighted by Crippen LogP contribution is -2.47. The van der Waals surface area contributed by atoms with Crippen molar-refractivity contribution in [3.63, 3.8) is 0 Å². The Bertz CT molecular complexity index is 708. The van der Waals surface area contributed by atoms with Crippen LogP contribution >= 0.6 is 0 Å². The second-order valence-corrected chi connectivity index (χ2v) is 19.1. The zero-order valence-corrected chi connectivity index (χ0v) is 29.2. The van der Waals surface area contributed by atoms with Crippen molar-refractivity contribution in [2.75, 3.05) is 40.3 Å². The van der Waals surface area contributed by atoms with Gasteiger partial charge < -0.3 is 37.6 Å². The summed E-state index contributed by atoms with van der Waals surface area (Å²) >= 11 is 0. The summed E-state index contributed by atoms with van der Waals surface area (Å²) in [4.78, 5) is 0. The molecule has 9 heteroatoms. The van der Waals surface area contributed by atoms with Gasteiger partial charge in [-0.25, -0.2) is 0 Å². The lowest BCUT2D eigenvalue weighted by molar-refractivity contribution is -0.178. The highest BCUT2D eigenvalue weighted by Gasteiger charge is 2.46. The Balaban J connectivity index is 1.74. The zero-order chi connectivity index (χ0) is 30.6. The second-order valence-electron chi connectivity index (χ2n) is 14.3. The molecule has 2 saturated heterocycles. The van der Waals surface area contributed by atoms with E-state index in [4.69, 9.17) is 37.6 Å². The highest BCUT2D eigenvalue weighted by atomic mass is 28.4. The molecule has 0 bridgehead atoms. The largest absolute Gasteiger partial charge is 0.414 e. The Kier molecular flexibility index (Phi) is 15.7. The van der Waals surface area contributed by atoms with Crippen molar-refractivity contribution in [1.29, 1.82) is 0 Å². The molecule has 41 heavy (non-hydrogen) atoms. The fraction of sp³-hybridized carbons (Fsp3) is 1.00. The molecule has 2 aliphatic rings. The predicted molar refractivity (Wildman–Crippen MR) is 166 cm³/mol. The maximum Gasteiger partial charge on any atom is 0.192 e. The van der Waals surface area contributed by atoms with Crippen LogP contribution in [0.4, 0.5) is 0 Å². The summed E-state index contributed by atoms with van der Waals surface area (Å²) in [7, 11) is -0.284. The molecule has 0 aromatic rings. The number of hydrogen-bond acceptors (Lipinski definition) is 8. The van der Waals surface area contributed by atoms with E-state index in [1.807, 2.05) is 27.7 Å². The number of ether oxygens (including phenoxy) is 7. The quantitative estimate of drug-likeness (QED) is 0.0754. The predicted octanol–water partition coefficient (Wildman–Crippen LogP) is 7.59. The smallest absolute Gasteiger partial charge is 0.192 e. The van der Waals surface area contributed by atoms with Crippen LogP contribution in [0.15, 0.2) is 0 Å². The van der Waals surface area contributed by atoms with Crippen molar-refractivity contribution in [1.82, 2.24) is 0 Å². The molecule has 0 radical (unpaired) electrons. The fourth-order valence-corrected chi connectivity index (χ4v) is 6.18. The summed E-state index contributed by atoms with van der Waals surface area (Å²) in [5.41, 5.74) is 0. The fourth-order valence-electron chi connectivity index (χ4n) is 5.17. The summed E-state index contributed by atoms with van der Waals surface area (Å²) in [6.07, 6.45) is 11.8. The average Bonchev–Trinajstić information content (AvgIpc) is 3.38. The Morgan fingerprint density at radius 2 is 1.41 bits per heavy atom. The first-order valence-corrected chi connectivity index (χ1v) is 19.1. The van der Waals surface area contributed by atoms with E-state index in [0.717, 1.165) is 25.9 Å². The monoisotopic (exact) mass is 604 g/mol. The molecule has 0 spiro atoms. The Morgan fingerprint density at radius 1 is 0.805 bits per heavy atom. The molecule has 0 aromatic carbocycles. The minimum Gasteiger partial charge on any atom is -0.414 e. The van der Waals surface area contributed by atoms with Gasteiger partial charge in [-0.15, -0.1) is 0 Å². The molecule has 0 N–H and O–H groups in total. The highest BCUT2D eigenvalue weighted by Crippen LogP contribution is 2.38. The topological polar surface area (TPSA) is 73.8 Å². The van der Waals surface area contributed by atoms with Gasteiger partial charge in [0.25, 0.3) is 0 Å². The normalized spacial score (nSPS) is 25.2. The summed E-state index contributed by atoms with van der Waals surface area (Å²) < 4.78 is 47.9. The maximum absolute atomic E-state index is 6.58. The summed E-state index contributed by atoms with van der Waals surface area (Å²) in [5.74, 6) is -1.04. The van der Waals surface area contributed by atoms with Gasteiger partial charge in [-0.2, -0.15) is 0 Å². The van der Waals surface area contributed by atoms with E-state index in [9.17, 15) is 0 Å². The summed E-state index contributed by atoms with van der Waals surface area (Å²) in [5, 5.41) is 0.120. The van der Waals surface area contributed by atoms with Gasteiger partial charge in [0.15, 0.2) is 19.9 Å². The molecule has 0 aliphatic carbocycles. The van der Waals surface area contributed by atoms with Gasteiger partial charge in [0.1, 0.15) is 19.0 Å². The van der Waals surface area contributed by atoms with E-state index < -0.39 is 19.9 Å². The molecule has 244 valence electrons. The van der Waals surface area contributed by atoms with E-state index in [1.54, 1.807) is 7.11 Å². The van der Waals surface area contributed by atoms with Crippen LogP contribution in [-0.4, -0.2) is 84.6 Å². The molecule has 2 fully saturated rings. The van der Waals surface area contributed by atoms with Gasteiger partial charge in [-0.1, -0.05) is 72.1 Å². The van der Waals surface area contributed by atoms with Crippen LogP contribution in [0.5, 0.6) is 0 Å². The first-order valence-electron chi connectivity index (χ1n) is 16.2. The third kappa shape index (κ3) is 14.0. The minimum atomic E-state index is -1.95. The second kappa shape index (κ2) is 17.4. The standard InChI is InChI=1S/C32H64O8Si/c1-30(2,3)41(9,10)37-24-28(35-25-34-22-21-33-8)29-27(39-32(6,7)40-29)20-18-16-14-12-11-13-15-17-19-26-23-36-31(4,5)38-26/h26-29H,11-25H2,1-10H3/t26-,27-,28-,29+/m1/s1.